The van der Waals surface area contributed by atoms with Crippen molar-refractivity contribution < 1.29 is 4.79 Å². The summed E-state index contributed by atoms with van der Waals surface area (Å²) in [7, 11) is 0. The predicted molar refractivity (Wildman–Crippen MR) is 122 cm³/mol. The Labute approximate surface area is 182 Å². The molecule has 7 heteroatoms. The van der Waals surface area contributed by atoms with Crippen molar-refractivity contribution in [3.8, 4) is 0 Å². The first-order valence-electron chi connectivity index (χ1n) is 10.00. The highest BCUT2D eigenvalue weighted by molar-refractivity contribution is 7.10. The molecular formula is C23H21N3O2S2. The minimum atomic E-state index is -0.0807. The number of thiophene rings is 2. The SMILES string of the molecule is CCn1c(=O)c(C)nc2cc(C(=O)N3CCc4sccc4[C@@H]3c3cccs3)ccc21. The quantitative estimate of drug-likeness (QED) is 0.471. The van der Waals surface area contributed by atoms with Crippen molar-refractivity contribution in [3.63, 3.8) is 0 Å². The second-order valence-corrected chi connectivity index (χ2v) is 9.40. The summed E-state index contributed by atoms with van der Waals surface area (Å²) in [6.45, 7) is 4.92. The summed E-state index contributed by atoms with van der Waals surface area (Å²) in [6, 6.07) is 11.7. The smallest absolute Gasteiger partial charge is 0.272 e. The highest BCUT2D eigenvalue weighted by Gasteiger charge is 2.34. The minimum absolute atomic E-state index is 0.000788. The van der Waals surface area contributed by atoms with E-state index in [9.17, 15) is 9.59 Å². The molecule has 0 saturated carbocycles. The van der Waals surface area contributed by atoms with E-state index >= 15 is 0 Å². The molecule has 5 rings (SSSR count). The fraction of sp³-hybridized carbons (Fsp3) is 0.261. The molecule has 152 valence electrons. The van der Waals surface area contributed by atoms with Crippen LogP contribution in [0, 0.1) is 6.92 Å². The molecular weight excluding hydrogens is 414 g/mol. The summed E-state index contributed by atoms with van der Waals surface area (Å²) in [5.41, 5.74) is 3.65. The van der Waals surface area contributed by atoms with Crippen LogP contribution in [-0.2, 0) is 13.0 Å². The van der Waals surface area contributed by atoms with Crippen LogP contribution < -0.4 is 5.56 Å². The van der Waals surface area contributed by atoms with Crippen LogP contribution in [0.1, 0.15) is 44.3 Å². The number of aryl methyl sites for hydroxylation is 2. The van der Waals surface area contributed by atoms with Gasteiger partial charge < -0.3 is 9.47 Å². The van der Waals surface area contributed by atoms with Crippen LogP contribution in [0.2, 0.25) is 0 Å². The molecule has 4 heterocycles. The third kappa shape index (κ3) is 3.00. The van der Waals surface area contributed by atoms with Crippen molar-refractivity contribution in [2.75, 3.05) is 6.54 Å². The van der Waals surface area contributed by atoms with Crippen molar-refractivity contribution in [2.24, 2.45) is 0 Å². The topological polar surface area (TPSA) is 55.2 Å². The Bertz CT molecular complexity index is 1300. The van der Waals surface area contributed by atoms with Gasteiger partial charge in [0.25, 0.3) is 11.5 Å². The number of amides is 1. The Kier molecular flexibility index (Phi) is 4.79. The molecule has 0 N–H and O–H groups in total. The van der Waals surface area contributed by atoms with Gasteiger partial charge in [-0.1, -0.05) is 6.07 Å². The molecule has 0 unspecified atom stereocenters. The second kappa shape index (κ2) is 7.49. The van der Waals surface area contributed by atoms with Crippen LogP contribution in [0.5, 0.6) is 0 Å². The van der Waals surface area contributed by atoms with E-state index in [-0.39, 0.29) is 17.5 Å². The number of benzene rings is 1. The highest BCUT2D eigenvalue weighted by Crippen LogP contribution is 2.40. The summed E-state index contributed by atoms with van der Waals surface area (Å²) in [5.74, 6) is 0.000788. The minimum Gasteiger partial charge on any atom is -0.326 e. The van der Waals surface area contributed by atoms with Crippen molar-refractivity contribution >= 4 is 39.6 Å². The number of aromatic nitrogens is 2. The molecule has 1 amide bonds. The summed E-state index contributed by atoms with van der Waals surface area (Å²) >= 11 is 3.45. The number of hydrogen-bond donors (Lipinski definition) is 0. The molecule has 0 bridgehead atoms. The number of carbonyl (C=O) groups is 1. The van der Waals surface area contributed by atoms with Crippen molar-refractivity contribution in [1.82, 2.24) is 14.5 Å². The number of nitrogens with zero attached hydrogens (tertiary/aromatic N) is 3. The maximum atomic E-state index is 13.6. The lowest BCUT2D eigenvalue weighted by molar-refractivity contribution is 0.0699. The fourth-order valence-electron chi connectivity index (χ4n) is 4.28. The van der Waals surface area contributed by atoms with E-state index in [4.69, 9.17) is 0 Å². The van der Waals surface area contributed by atoms with Gasteiger partial charge in [0.05, 0.1) is 17.1 Å². The van der Waals surface area contributed by atoms with Crippen molar-refractivity contribution in [3.05, 3.63) is 84.1 Å². The lowest BCUT2D eigenvalue weighted by Gasteiger charge is -2.35. The maximum absolute atomic E-state index is 13.6. The van der Waals surface area contributed by atoms with E-state index < -0.39 is 0 Å². The van der Waals surface area contributed by atoms with Crippen LogP contribution in [-0.4, -0.2) is 26.9 Å². The number of carbonyl (C=O) groups excluding carboxylic acids is 1. The van der Waals surface area contributed by atoms with Gasteiger partial charge in [0.15, 0.2) is 0 Å². The summed E-state index contributed by atoms with van der Waals surface area (Å²) in [5, 5.41) is 4.18. The van der Waals surface area contributed by atoms with Crippen molar-refractivity contribution in [2.45, 2.75) is 32.9 Å². The second-order valence-electron chi connectivity index (χ2n) is 7.42. The maximum Gasteiger partial charge on any atom is 0.272 e. The largest absolute Gasteiger partial charge is 0.326 e. The molecule has 1 aromatic carbocycles. The zero-order chi connectivity index (χ0) is 20.8. The van der Waals surface area contributed by atoms with Crippen LogP contribution in [0.15, 0.2) is 52.0 Å². The van der Waals surface area contributed by atoms with E-state index in [1.165, 1.54) is 15.3 Å². The lowest BCUT2D eigenvalue weighted by atomic mass is 9.97. The Hall–Kier alpha value is -2.77. The number of hydrogen-bond acceptors (Lipinski definition) is 5. The number of rotatable bonds is 3. The molecule has 1 aliphatic rings. The first-order chi connectivity index (χ1) is 14.6. The van der Waals surface area contributed by atoms with E-state index in [0.29, 0.717) is 29.9 Å². The molecule has 3 aromatic heterocycles. The van der Waals surface area contributed by atoms with E-state index in [0.717, 1.165) is 11.9 Å². The molecule has 0 saturated heterocycles. The normalized spacial score (nSPS) is 16.1. The number of fused-ring (bicyclic) bond motifs is 2. The Balaban J connectivity index is 1.59. The Morgan fingerprint density at radius 1 is 1.20 bits per heavy atom. The third-order valence-electron chi connectivity index (χ3n) is 5.71. The first-order valence-corrected chi connectivity index (χ1v) is 11.8. The monoisotopic (exact) mass is 435 g/mol. The molecule has 0 spiro atoms. The van der Waals surface area contributed by atoms with E-state index in [2.05, 4.69) is 27.9 Å². The summed E-state index contributed by atoms with van der Waals surface area (Å²) < 4.78 is 1.71. The molecule has 1 atom stereocenters. The van der Waals surface area contributed by atoms with Gasteiger partial charge in [-0.05, 0) is 66.9 Å². The molecule has 1 aliphatic heterocycles. The zero-order valence-corrected chi connectivity index (χ0v) is 18.4. The summed E-state index contributed by atoms with van der Waals surface area (Å²) in [6.07, 6.45) is 0.876. The van der Waals surface area contributed by atoms with Gasteiger partial charge >= 0.3 is 0 Å². The Morgan fingerprint density at radius 3 is 2.83 bits per heavy atom. The average molecular weight is 436 g/mol. The van der Waals surface area contributed by atoms with Crippen LogP contribution in [0.3, 0.4) is 0 Å². The van der Waals surface area contributed by atoms with Crippen LogP contribution >= 0.6 is 22.7 Å². The van der Waals surface area contributed by atoms with Gasteiger partial charge in [0, 0.05) is 28.4 Å². The first kappa shape index (κ1) is 19.2. The van der Waals surface area contributed by atoms with Gasteiger partial charge in [0.2, 0.25) is 0 Å². The molecule has 0 radical (unpaired) electrons. The molecule has 30 heavy (non-hydrogen) atoms. The third-order valence-corrected chi connectivity index (χ3v) is 7.63. The molecule has 0 fully saturated rings. The fourth-order valence-corrected chi connectivity index (χ4v) is 6.03. The highest BCUT2D eigenvalue weighted by atomic mass is 32.1. The lowest BCUT2D eigenvalue weighted by Crippen LogP contribution is -2.39. The van der Waals surface area contributed by atoms with Crippen LogP contribution in [0.4, 0.5) is 0 Å². The molecule has 4 aromatic rings. The van der Waals surface area contributed by atoms with Gasteiger partial charge in [-0.15, -0.1) is 22.7 Å². The predicted octanol–water partition coefficient (Wildman–Crippen LogP) is 4.64. The van der Waals surface area contributed by atoms with E-state index in [1.54, 1.807) is 34.2 Å². The average Bonchev–Trinajstić information content (AvgIpc) is 3.45. The van der Waals surface area contributed by atoms with Gasteiger partial charge in [-0.2, -0.15) is 0 Å². The van der Waals surface area contributed by atoms with Crippen molar-refractivity contribution in [1.29, 1.82) is 0 Å². The summed E-state index contributed by atoms with van der Waals surface area (Å²) in [4.78, 5) is 35.0. The van der Waals surface area contributed by atoms with E-state index in [1.807, 2.05) is 36.1 Å². The van der Waals surface area contributed by atoms with Crippen LogP contribution in [0.25, 0.3) is 11.0 Å². The van der Waals surface area contributed by atoms with Gasteiger partial charge in [-0.3, -0.25) is 9.59 Å². The van der Waals surface area contributed by atoms with Gasteiger partial charge in [-0.25, -0.2) is 4.98 Å². The molecule has 5 nitrogen and oxygen atoms in total. The Morgan fingerprint density at radius 2 is 2.07 bits per heavy atom. The zero-order valence-electron chi connectivity index (χ0n) is 16.8. The van der Waals surface area contributed by atoms with Gasteiger partial charge in [0.1, 0.15) is 5.69 Å². The molecule has 0 aliphatic carbocycles. The standard InChI is InChI=1S/C23H21N3O2S2/c1-3-25-18-7-6-15(13-17(18)24-14(2)22(25)27)23(28)26-10-8-19-16(9-12-30-19)21(26)20-5-4-11-29-20/h4-7,9,11-13,21H,3,8,10H2,1-2H3/t21-/m1/s1.